The van der Waals surface area contributed by atoms with E-state index in [4.69, 9.17) is 0 Å². The largest absolute Gasteiger partial charge is 0.471 e. The van der Waals surface area contributed by atoms with Crippen LogP contribution in [0.15, 0.2) is 0 Å². The fourth-order valence-corrected chi connectivity index (χ4v) is 1.91. The molecule has 1 N–H and O–H groups in total. The van der Waals surface area contributed by atoms with Crippen molar-refractivity contribution in [2.45, 2.75) is 50.2 Å². The molecule has 1 aliphatic carbocycles. The van der Waals surface area contributed by atoms with Crippen LogP contribution in [0.25, 0.3) is 0 Å². The average molecular weight is 293 g/mol. The predicted molar refractivity (Wildman–Crippen MR) is 52.2 cm³/mol. The summed E-state index contributed by atoms with van der Waals surface area (Å²) in [6, 6.07) is -0.805. The minimum absolute atomic E-state index is 0.0437. The number of alkyl halides is 6. The summed E-state index contributed by atoms with van der Waals surface area (Å²) >= 11 is 0. The Labute approximate surface area is 105 Å². The lowest BCUT2D eigenvalue weighted by molar-refractivity contribution is -0.189. The number of ether oxygens (including phenoxy) is 1. The van der Waals surface area contributed by atoms with Crippen LogP contribution >= 0.6 is 0 Å². The van der Waals surface area contributed by atoms with Gasteiger partial charge in [-0.2, -0.15) is 26.3 Å². The van der Waals surface area contributed by atoms with E-state index >= 15 is 0 Å². The SMILES string of the molecule is O=C(NC1CCCC(OCC(F)(F)F)C1)C(F)(F)F. The van der Waals surface area contributed by atoms with Crippen LogP contribution < -0.4 is 5.32 Å². The monoisotopic (exact) mass is 293 g/mol. The normalized spacial score (nSPS) is 25.2. The first-order valence-electron chi connectivity index (χ1n) is 5.64. The van der Waals surface area contributed by atoms with Crippen LogP contribution in [0.2, 0.25) is 0 Å². The Balaban J connectivity index is 2.40. The Kier molecular flexibility index (Phi) is 5.05. The van der Waals surface area contributed by atoms with Crippen LogP contribution in [0.1, 0.15) is 25.7 Å². The lowest BCUT2D eigenvalue weighted by atomic mass is 9.93. The minimum Gasteiger partial charge on any atom is -0.369 e. The van der Waals surface area contributed by atoms with E-state index < -0.39 is 37.0 Å². The predicted octanol–water partition coefficient (Wildman–Crippen LogP) is 2.56. The van der Waals surface area contributed by atoms with Crippen molar-refractivity contribution in [2.24, 2.45) is 0 Å². The summed E-state index contributed by atoms with van der Waals surface area (Å²) in [5, 5.41) is 1.76. The molecular weight excluding hydrogens is 280 g/mol. The maximum Gasteiger partial charge on any atom is 0.471 e. The van der Waals surface area contributed by atoms with E-state index in [9.17, 15) is 31.1 Å². The molecular formula is C10H13F6NO2. The highest BCUT2D eigenvalue weighted by Gasteiger charge is 2.40. The Hall–Kier alpha value is -0.990. The smallest absolute Gasteiger partial charge is 0.369 e. The summed E-state index contributed by atoms with van der Waals surface area (Å²) in [6.45, 7) is -1.43. The highest BCUT2D eigenvalue weighted by atomic mass is 19.4. The van der Waals surface area contributed by atoms with E-state index in [2.05, 4.69) is 4.74 Å². The zero-order valence-corrected chi connectivity index (χ0v) is 9.77. The summed E-state index contributed by atoms with van der Waals surface area (Å²) in [5.74, 6) is -2.08. The van der Waals surface area contributed by atoms with Gasteiger partial charge in [-0.05, 0) is 25.7 Å². The number of carbonyl (C=O) groups is 1. The van der Waals surface area contributed by atoms with Crippen LogP contribution in [0.4, 0.5) is 26.3 Å². The Morgan fingerprint density at radius 2 is 1.79 bits per heavy atom. The second-order valence-electron chi connectivity index (χ2n) is 4.38. The van der Waals surface area contributed by atoms with Gasteiger partial charge in [0.15, 0.2) is 0 Å². The Bertz CT molecular complexity index is 314. The van der Waals surface area contributed by atoms with Gasteiger partial charge in [-0.3, -0.25) is 4.79 Å². The molecule has 0 aliphatic heterocycles. The third-order valence-corrected chi connectivity index (χ3v) is 2.70. The Morgan fingerprint density at radius 1 is 1.16 bits per heavy atom. The van der Waals surface area contributed by atoms with Crippen molar-refractivity contribution in [3.05, 3.63) is 0 Å². The van der Waals surface area contributed by atoms with E-state index in [1.807, 2.05) is 0 Å². The quantitative estimate of drug-likeness (QED) is 0.812. The third kappa shape index (κ3) is 6.13. The summed E-state index contributed by atoms with van der Waals surface area (Å²) in [7, 11) is 0. The van der Waals surface area contributed by atoms with E-state index in [-0.39, 0.29) is 6.42 Å². The van der Waals surface area contributed by atoms with E-state index in [1.165, 1.54) is 0 Å². The molecule has 0 aromatic heterocycles. The first kappa shape index (κ1) is 16.1. The molecule has 0 aromatic carbocycles. The molecule has 1 amide bonds. The summed E-state index contributed by atoms with van der Waals surface area (Å²) in [5.41, 5.74) is 0. The highest BCUT2D eigenvalue weighted by Crippen LogP contribution is 2.25. The van der Waals surface area contributed by atoms with Crippen molar-refractivity contribution in [3.63, 3.8) is 0 Å². The van der Waals surface area contributed by atoms with Crippen molar-refractivity contribution in [3.8, 4) is 0 Å². The van der Waals surface area contributed by atoms with Crippen LogP contribution in [-0.2, 0) is 9.53 Å². The van der Waals surface area contributed by atoms with Crippen LogP contribution in [-0.4, -0.2) is 37.0 Å². The number of carbonyl (C=O) groups excluding carboxylic acids is 1. The van der Waals surface area contributed by atoms with Gasteiger partial charge in [0.25, 0.3) is 0 Å². The molecule has 1 saturated carbocycles. The molecule has 2 unspecified atom stereocenters. The number of hydrogen-bond donors (Lipinski definition) is 1. The van der Waals surface area contributed by atoms with Gasteiger partial charge in [-0.25, -0.2) is 0 Å². The van der Waals surface area contributed by atoms with E-state index in [0.29, 0.717) is 19.3 Å². The lowest BCUT2D eigenvalue weighted by Crippen LogP contribution is -2.46. The molecule has 9 heteroatoms. The van der Waals surface area contributed by atoms with Crippen LogP contribution in [0.3, 0.4) is 0 Å². The number of nitrogens with one attached hydrogen (secondary N) is 1. The maximum absolute atomic E-state index is 12.0. The summed E-state index contributed by atoms with van der Waals surface area (Å²) in [6.07, 6.45) is -9.23. The molecule has 0 spiro atoms. The van der Waals surface area contributed by atoms with Crippen molar-refractivity contribution in [1.29, 1.82) is 0 Å². The first-order valence-corrected chi connectivity index (χ1v) is 5.64. The van der Waals surface area contributed by atoms with Gasteiger partial charge in [0, 0.05) is 6.04 Å². The molecule has 19 heavy (non-hydrogen) atoms. The third-order valence-electron chi connectivity index (χ3n) is 2.70. The zero-order chi connectivity index (χ0) is 14.7. The molecule has 0 saturated heterocycles. The second-order valence-corrected chi connectivity index (χ2v) is 4.38. The fraction of sp³-hybridized carbons (Fsp3) is 0.900. The molecule has 0 heterocycles. The molecule has 1 rings (SSSR count). The van der Waals surface area contributed by atoms with Gasteiger partial charge < -0.3 is 10.1 Å². The average Bonchev–Trinajstić information content (AvgIpc) is 2.25. The van der Waals surface area contributed by atoms with E-state index in [1.54, 1.807) is 5.32 Å². The molecule has 1 fully saturated rings. The summed E-state index contributed by atoms with van der Waals surface area (Å²) < 4.78 is 76.4. The Morgan fingerprint density at radius 3 is 2.32 bits per heavy atom. The molecule has 112 valence electrons. The fourth-order valence-electron chi connectivity index (χ4n) is 1.91. The number of rotatable bonds is 3. The maximum atomic E-state index is 12.0. The number of halogens is 6. The highest BCUT2D eigenvalue weighted by molar-refractivity contribution is 5.81. The topological polar surface area (TPSA) is 38.3 Å². The van der Waals surface area contributed by atoms with Crippen LogP contribution in [0.5, 0.6) is 0 Å². The second kappa shape index (κ2) is 5.98. The van der Waals surface area contributed by atoms with Crippen molar-refractivity contribution in [2.75, 3.05) is 6.61 Å². The van der Waals surface area contributed by atoms with Gasteiger partial charge in [0.05, 0.1) is 6.10 Å². The summed E-state index contributed by atoms with van der Waals surface area (Å²) in [4.78, 5) is 10.7. The lowest BCUT2D eigenvalue weighted by Gasteiger charge is -2.30. The van der Waals surface area contributed by atoms with Gasteiger partial charge in [-0.1, -0.05) is 0 Å². The van der Waals surface area contributed by atoms with Gasteiger partial charge in [-0.15, -0.1) is 0 Å². The molecule has 0 aromatic rings. The molecule has 0 bridgehead atoms. The molecule has 0 radical (unpaired) electrons. The van der Waals surface area contributed by atoms with E-state index in [0.717, 1.165) is 0 Å². The first-order chi connectivity index (χ1) is 8.58. The standard InChI is InChI=1S/C10H13F6NO2/c11-9(12,13)5-19-7-3-1-2-6(4-7)17-8(18)10(14,15)16/h6-7H,1-5H2,(H,17,18). The molecule has 2 atom stereocenters. The van der Waals surface area contributed by atoms with Gasteiger partial charge in [0.1, 0.15) is 6.61 Å². The van der Waals surface area contributed by atoms with Gasteiger partial charge >= 0.3 is 18.3 Å². The molecule has 3 nitrogen and oxygen atoms in total. The molecule has 1 aliphatic rings. The minimum atomic E-state index is -4.99. The zero-order valence-electron chi connectivity index (χ0n) is 9.77. The van der Waals surface area contributed by atoms with Gasteiger partial charge in [0.2, 0.25) is 0 Å². The van der Waals surface area contributed by atoms with Crippen molar-refractivity contribution >= 4 is 5.91 Å². The van der Waals surface area contributed by atoms with Crippen molar-refractivity contribution < 1.29 is 35.9 Å². The number of hydrogen-bond acceptors (Lipinski definition) is 2. The number of amides is 1. The van der Waals surface area contributed by atoms with Crippen molar-refractivity contribution in [1.82, 2.24) is 5.32 Å². The van der Waals surface area contributed by atoms with Crippen LogP contribution in [0, 0.1) is 0 Å².